The van der Waals surface area contributed by atoms with Gasteiger partial charge in [-0.25, -0.2) is 0 Å². The summed E-state index contributed by atoms with van der Waals surface area (Å²) < 4.78 is 0. The normalized spacial score (nSPS) is 27.8. The Morgan fingerprint density at radius 2 is 2.06 bits per heavy atom. The molecule has 1 rings (SSSR count). The smallest absolute Gasteiger partial charge is 0.240 e. The number of nitrogens with two attached hydrogens (primary N) is 1. The van der Waals surface area contributed by atoms with Gasteiger partial charge >= 0.3 is 0 Å². The second kappa shape index (κ2) is 4.36. The Hall–Kier alpha value is -1.57. The van der Waals surface area contributed by atoms with Crippen LogP contribution in [0.25, 0.3) is 0 Å². The van der Waals surface area contributed by atoms with Crippen LogP contribution in [-0.2, 0) is 9.59 Å². The van der Waals surface area contributed by atoms with Crippen LogP contribution in [0.2, 0.25) is 0 Å². The Kier molecular flexibility index (Phi) is 3.46. The maximum Gasteiger partial charge on any atom is 0.240 e. The minimum Gasteiger partial charge on any atom is -0.370 e. The molecule has 94 valence electrons. The van der Waals surface area contributed by atoms with Crippen molar-refractivity contribution < 1.29 is 9.59 Å². The van der Waals surface area contributed by atoms with E-state index in [9.17, 15) is 9.59 Å². The number of nitrogens with zero attached hydrogens (tertiary/aromatic N) is 1. The monoisotopic (exact) mass is 237 g/mol. The van der Waals surface area contributed by atoms with Gasteiger partial charge in [-0.05, 0) is 32.6 Å². The first-order valence-corrected chi connectivity index (χ1v) is 5.73. The van der Waals surface area contributed by atoms with Crippen LogP contribution in [0.1, 0.15) is 40.0 Å². The molecule has 1 aliphatic carbocycles. The van der Waals surface area contributed by atoms with Crippen molar-refractivity contribution in [3.8, 4) is 6.07 Å². The molecule has 0 bridgehead atoms. The van der Waals surface area contributed by atoms with Gasteiger partial charge in [-0.15, -0.1) is 0 Å². The molecule has 2 amide bonds. The zero-order valence-corrected chi connectivity index (χ0v) is 10.5. The van der Waals surface area contributed by atoms with Gasteiger partial charge in [0.25, 0.3) is 0 Å². The van der Waals surface area contributed by atoms with Crippen LogP contribution in [0.3, 0.4) is 0 Å². The third kappa shape index (κ3) is 2.96. The van der Waals surface area contributed by atoms with Gasteiger partial charge in [-0.1, -0.05) is 6.92 Å². The number of carbonyl (C=O) groups excluding carboxylic acids is 2. The number of hydrogen-bond donors (Lipinski definition) is 2. The molecule has 0 aliphatic heterocycles. The maximum atomic E-state index is 12.0. The number of amides is 2. The molecular formula is C12H19N3O2. The van der Waals surface area contributed by atoms with Crippen molar-refractivity contribution in [3.05, 3.63) is 0 Å². The molecule has 0 aromatic carbocycles. The number of hydrogen-bond acceptors (Lipinski definition) is 3. The first-order chi connectivity index (χ1) is 7.71. The predicted octanol–water partition coefficient (Wildman–Crippen LogP) is 0.696. The molecule has 1 fully saturated rings. The van der Waals surface area contributed by atoms with E-state index in [1.165, 1.54) is 0 Å². The quantitative estimate of drug-likeness (QED) is 0.753. The second-order valence-electron chi connectivity index (χ2n) is 5.69. The summed E-state index contributed by atoms with van der Waals surface area (Å²) in [6.45, 7) is 5.46. The van der Waals surface area contributed by atoms with Crippen LogP contribution in [-0.4, -0.2) is 17.4 Å². The summed E-state index contributed by atoms with van der Waals surface area (Å²) in [7, 11) is 0. The molecule has 5 heteroatoms. The van der Waals surface area contributed by atoms with Crippen molar-refractivity contribution in [1.29, 1.82) is 5.26 Å². The molecule has 1 saturated carbocycles. The molecule has 0 radical (unpaired) electrons. The van der Waals surface area contributed by atoms with E-state index in [2.05, 4.69) is 11.4 Å². The molecule has 3 N–H and O–H groups in total. The third-order valence-corrected chi connectivity index (χ3v) is 3.11. The Morgan fingerprint density at radius 1 is 1.53 bits per heavy atom. The van der Waals surface area contributed by atoms with Gasteiger partial charge in [0.05, 0.1) is 6.07 Å². The molecule has 17 heavy (non-hydrogen) atoms. The molecule has 0 spiro atoms. The molecule has 5 nitrogen and oxygen atoms in total. The van der Waals surface area contributed by atoms with Crippen molar-refractivity contribution in [2.45, 2.75) is 45.6 Å². The van der Waals surface area contributed by atoms with Crippen LogP contribution < -0.4 is 11.1 Å². The summed E-state index contributed by atoms with van der Waals surface area (Å²) in [6.07, 6.45) is 1.24. The summed E-state index contributed by atoms with van der Waals surface area (Å²) in [4.78, 5) is 22.9. The Morgan fingerprint density at radius 3 is 2.41 bits per heavy atom. The number of nitriles is 1. The third-order valence-electron chi connectivity index (χ3n) is 3.11. The minimum absolute atomic E-state index is 0.0653. The second-order valence-corrected chi connectivity index (χ2v) is 5.69. The molecule has 0 heterocycles. The lowest BCUT2D eigenvalue weighted by atomic mass is 9.63. The van der Waals surface area contributed by atoms with Crippen LogP contribution in [0.4, 0.5) is 0 Å². The zero-order chi connectivity index (χ0) is 13.3. The highest BCUT2D eigenvalue weighted by molar-refractivity contribution is 5.87. The van der Waals surface area contributed by atoms with Gasteiger partial charge in [0.15, 0.2) is 0 Å². The zero-order valence-electron chi connectivity index (χ0n) is 10.5. The van der Waals surface area contributed by atoms with Crippen molar-refractivity contribution in [1.82, 2.24) is 5.32 Å². The highest BCUT2D eigenvalue weighted by Gasteiger charge is 2.49. The average molecular weight is 237 g/mol. The Balaban J connectivity index is 2.66. The Bertz CT molecular complexity index is 376. The fourth-order valence-corrected chi connectivity index (χ4v) is 2.36. The van der Waals surface area contributed by atoms with Crippen molar-refractivity contribution in [2.75, 3.05) is 0 Å². The molecular weight excluding hydrogens is 218 g/mol. The predicted molar refractivity (Wildman–Crippen MR) is 62.5 cm³/mol. The fourth-order valence-electron chi connectivity index (χ4n) is 2.36. The van der Waals surface area contributed by atoms with Crippen LogP contribution in [0.5, 0.6) is 0 Å². The van der Waals surface area contributed by atoms with Gasteiger partial charge in [0.2, 0.25) is 11.8 Å². The lowest BCUT2D eigenvalue weighted by molar-refractivity contribution is -0.136. The average Bonchev–Trinajstić information content (AvgIpc) is 2.08. The van der Waals surface area contributed by atoms with E-state index < -0.39 is 16.9 Å². The lowest BCUT2D eigenvalue weighted by Crippen LogP contribution is -2.55. The molecule has 1 aliphatic rings. The maximum absolute atomic E-state index is 12.0. The van der Waals surface area contributed by atoms with E-state index in [0.717, 1.165) is 0 Å². The fraction of sp³-hybridized carbons (Fsp3) is 0.750. The first kappa shape index (κ1) is 13.5. The van der Waals surface area contributed by atoms with E-state index in [1.807, 2.05) is 6.92 Å². The van der Waals surface area contributed by atoms with Gasteiger partial charge in [0, 0.05) is 12.0 Å². The van der Waals surface area contributed by atoms with E-state index in [4.69, 9.17) is 11.0 Å². The minimum atomic E-state index is -0.908. The van der Waals surface area contributed by atoms with Gasteiger partial charge < -0.3 is 11.1 Å². The standard InChI is InChI=1S/C12H19N3O2/c1-8-4-12(5-8,7-13)10(17)15-11(2,3)6-9(14)16/h8H,4-6H2,1-3H3,(H2,14,16)(H,15,17). The van der Waals surface area contributed by atoms with Crippen LogP contribution in [0, 0.1) is 22.7 Å². The largest absolute Gasteiger partial charge is 0.370 e. The van der Waals surface area contributed by atoms with E-state index in [0.29, 0.717) is 18.8 Å². The molecule has 0 aromatic heterocycles. The van der Waals surface area contributed by atoms with Crippen molar-refractivity contribution in [3.63, 3.8) is 0 Å². The van der Waals surface area contributed by atoms with E-state index in [1.54, 1.807) is 13.8 Å². The number of nitrogens with one attached hydrogen (secondary N) is 1. The summed E-state index contributed by atoms with van der Waals surface area (Å²) in [6, 6.07) is 2.09. The van der Waals surface area contributed by atoms with E-state index >= 15 is 0 Å². The number of primary amides is 1. The highest BCUT2D eigenvalue weighted by atomic mass is 16.2. The summed E-state index contributed by atoms with van der Waals surface area (Å²) in [5.41, 5.74) is 3.50. The number of carbonyl (C=O) groups is 2. The van der Waals surface area contributed by atoms with Gasteiger partial charge in [0.1, 0.15) is 5.41 Å². The molecule has 0 unspecified atom stereocenters. The first-order valence-electron chi connectivity index (χ1n) is 5.73. The van der Waals surface area contributed by atoms with Crippen LogP contribution in [0.15, 0.2) is 0 Å². The van der Waals surface area contributed by atoms with Crippen molar-refractivity contribution >= 4 is 11.8 Å². The van der Waals surface area contributed by atoms with Gasteiger partial charge in [-0.2, -0.15) is 5.26 Å². The molecule has 0 atom stereocenters. The van der Waals surface area contributed by atoms with Gasteiger partial charge in [-0.3, -0.25) is 9.59 Å². The molecule has 0 aromatic rings. The highest BCUT2D eigenvalue weighted by Crippen LogP contribution is 2.45. The summed E-state index contributed by atoms with van der Waals surface area (Å²) in [5, 5.41) is 11.8. The topological polar surface area (TPSA) is 96.0 Å². The SMILES string of the molecule is CC1CC(C#N)(C(=O)NC(C)(C)CC(N)=O)C1. The summed E-state index contributed by atoms with van der Waals surface area (Å²) in [5.74, 6) is -0.354. The number of rotatable bonds is 4. The van der Waals surface area contributed by atoms with E-state index in [-0.39, 0.29) is 12.3 Å². The van der Waals surface area contributed by atoms with Crippen molar-refractivity contribution in [2.24, 2.45) is 17.1 Å². The molecule has 0 saturated heterocycles. The lowest BCUT2D eigenvalue weighted by Gasteiger charge is -2.41. The summed E-state index contributed by atoms with van der Waals surface area (Å²) >= 11 is 0. The Labute approximate surface area is 101 Å². The van der Waals surface area contributed by atoms with Crippen LogP contribution >= 0.6 is 0 Å².